The average Bonchev–Trinajstić information content (AvgIpc) is 3.55. The Kier molecular flexibility index (Phi) is 4.98. The number of thiazole rings is 1. The molecule has 2 saturated carbocycles. The van der Waals surface area contributed by atoms with Gasteiger partial charge in [-0.1, -0.05) is 11.3 Å². The smallest absolute Gasteiger partial charge is 0.323 e. The number of aliphatic carboxylic acids is 1. The van der Waals surface area contributed by atoms with Crippen molar-refractivity contribution in [1.29, 1.82) is 0 Å². The van der Waals surface area contributed by atoms with Crippen molar-refractivity contribution < 1.29 is 34.1 Å². The van der Waals surface area contributed by atoms with Gasteiger partial charge in [0.2, 0.25) is 17.6 Å². The van der Waals surface area contributed by atoms with Crippen molar-refractivity contribution in [2.45, 2.75) is 22.6 Å². The number of imide groups is 1. The topological polar surface area (TPSA) is 146 Å². The number of rotatable bonds is 5. The Morgan fingerprint density at radius 1 is 1.11 bits per heavy atom. The van der Waals surface area contributed by atoms with Crippen molar-refractivity contribution in [2.75, 3.05) is 20.8 Å². The molecule has 184 valence electrons. The van der Waals surface area contributed by atoms with E-state index < -0.39 is 36.2 Å². The number of likely N-dealkylation sites (tertiary alicyclic amines) is 1. The third-order valence-corrected chi connectivity index (χ3v) is 10.6. The number of fused-ring (bicyclic) bond motifs is 9. The summed E-state index contributed by atoms with van der Waals surface area (Å²) in [6, 6.07) is 3.46. The van der Waals surface area contributed by atoms with E-state index in [9.17, 15) is 29.4 Å². The summed E-state index contributed by atoms with van der Waals surface area (Å²) in [4.78, 5) is 54.5. The second-order valence-corrected chi connectivity index (χ2v) is 11.6. The minimum atomic E-state index is -1.22. The molecule has 2 aliphatic carbocycles. The number of amides is 2. The highest BCUT2D eigenvalue weighted by Gasteiger charge is 2.69. The van der Waals surface area contributed by atoms with E-state index >= 15 is 0 Å². The van der Waals surface area contributed by atoms with Crippen LogP contribution in [-0.2, 0) is 14.4 Å². The summed E-state index contributed by atoms with van der Waals surface area (Å²) in [6.45, 7) is -0.622. The number of carbonyl (C=O) groups excluding carboxylic acids is 2. The number of aromatic nitrogens is 1. The first-order valence-electron chi connectivity index (χ1n) is 11.2. The SMILES string of the molecule is COc1cc([C@H]2c3sc(=O)[nH]c3S[C@H]3[C@@H]4C[C@H]([C@H]5C(=O)N(CC(=O)O)C(=O)[C@H]45)[C@H]23)cc(OC)c1O. The Morgan fingerprint density at radius 2 is 1.74 bits per heavy atom. The van der Waals surface area contributed by atoms with Crippen LogP contribution in [0.4, 0.5) is 0 Å². The molecule has 12 heteroatoms. The molecular formula is C23H22N2O8S2. The molecule has 1 aromatic heterocycles. The van der Waals surface area contributed by atoms with Crippen LogP contribution in [0.5, 0.6) is 17.2 Å². The molecule has 1 aromatic carbocycles. The molecule has 3 heterocycles. The van der Waals surface area contributed by atoms with Crippen LogP contribution in [0, 0.1) is 29.6 Å². The molecule has 0 radical (unpaired) electrons. The number of phenolic OH excluding ortho intramolecular Hbond substituents is 1. The molecule has 2 bridgehead atoms. The number of H-pyrrole nitrogens is 1. The molecular weight excluding hydrogens is 496 g/mol. The maximum absolute atomic E-state index is 13.2. The first-order valence-corrected chi connectivity index (χ1v) is 12.9. The van der Waals surface area contributed by atoms with E-state index in [4.69, 9.17) is 9.47 Å². The van der Waals surface area contributed by atoms with E-state index in [-0.39, 0.29) is 51.0 Å². The van der Waals surface area contributed by atoms with Gasteiger partial charge >= 0.3 is 10.8 Å². The van der Waals surface area contributed by atoms with Crippen molar-refractivity contribution in [3.05, 3.63) is 32.2 Å². The maximum atomic E-state index is 13.2. The number of phenols is 1. The van der Waals surface area contributed by atoms with Crippen LogP contribution in [0.25, 0.3) is 0 Å². The molecule has 1 saturated heterocycles. The number of aromatic hydroxyl groups is 1. The van der Waals surface area contributed by atoms with E-state index in [1.807, 2.05) is 0 Å². The predicted molar refractivity (Wildman–Crippen MR) is 124 cm³/mol. The van der Waals surface area contributed by atoms with Gasteiger partial charge < -0.3 is 24.7 Å². The van der Waals surface area contributed by atoms with Crippen LogP contribution in [0.2, 0.25) is 0 Å². The van der Waals surface area contributed by atoms with Crippen LogP contribution < -0.4 is 14.3 Å². The number of carbonyl (C=O) groups is 3. The highest BCUT2D eigenvalue weighted by Crippen LogP contribution is 2.68. The van der Waals surface area contributed by atoms with Gasteiger partial charge in [0.1, 0.15) is 6.54 Å². The van der Waals surface area contributed by atoms with Crippen LogP contribution in [0.15, 0.2) is 22.0 Å². The molecule has 2 amide bonds. The highest BCUT2D eigenvalue weighted by atomic mass is 32.2. The fourth-order valence-corrected chi connectivity index (χ4v) is 9.73. The number of carboxylic acid groups (broad SMARTS) is 1. The molecule has 10 nitrogen and oxygen atoms in total. The maximum Gasteiger partial charge on any atom is 0.323 e. The van der Waals surface area contributed by atoms with E-state index in [0.29, 0.717) is 6.42 Å². The first-order chi connectivity index (χ1) is 16.7. The third-order valence-electron chi connectivity index (χ3n) is 7.97. The Balaban J connectivity index is 1.48. The Morgan fingerprint density at radius 3 is 2.34 bits per heavy atom. The van der Waals surface area contributed by atoms with Gasteiger partial charge in [0.25, 0.3) is 0 Å². The number of carboxylic acids is 1. The Labute approximate surface area is 207 Å². The zero-order valence-corrected chi connectivity index (χ0v) is 20.4. The summed E-state index contributed by atoms with van der Waals surface area (Å²) in [7, 11) is 2.89. The van der Waals surface area contributed by atoms with Crippen molar-refractivity contribution in [3.63, 3.8) is 0 Å². The van der Waals surface area contributed by atoms with Gasteiger partial charge in [0.05, 0.1) is 31.1 Å². The number of benzene rings is 1. The molecule has 2 aromatic rings. The second kappa shape index (κ2) is 7.76. The molecule has 2 aliphatic heterocycles. The normalized spacial score (nSPS) is 32.4. The summed E-state index contributed by atoms with van der Waals surface area (Å²) < 4.78 is 10.7. The van der Waals surface area contributed by atoms with Gasteiger partial charge in [-0.3, -0.25) is 24.1 Å². The van der Waals surface area contributed by atoms with Gasteiger partial charge in [0.15, 0.2) is 11.5 Å². The highest BCUT2D eigenvalue weighted by molar-refractivity contribution is 8.00. The number of ether oxygens (including phenoxy) is 2. The summed E-state index contributed by atoms with van der Waals surface area (Å²) >= 11 is 2.66. The Bertz CT molecular complexity index is 1310. The van der Waals surface area contributed by atoms with Crippen LogP contribution in [-0.4, -0.2) is 63.9 Å². The van der Waals surface area contributed by atoms with Crippen molar-refractivity contribution in [1.82, 2.24) is 9.88 Å². The number of nitrogens with zero attached hydrogens (tertiary/aromatic N) is 1. The summed E-state index contributed by atoms with van der Waals surface area (Å²) in [5.41, 5.74) is 0.784. The van der Waals surface area contributed by atoms with Crippen LogP contribution >= 0.6 is 23.1 Å². The molecule has 6 rings (SSSR count). The number of thioether (sulfide) groups is 1. The summed E-state index contributed by atoms with van der Waals surface area (Å²) in [6.07, 6.45) is 0.693. The van der Waals surface area contributed by atoms with Crippen molar-refractivity contribution in [3.8, 4) is 17.2 Å². The van der Waals surface area contributed by atoms with E-state index in [1.165, 1.54) is 14.2 Å². The predicted octanol–water partition coefficient (Wildman–Crippen LogP) is 1.72. The molecule has 0 unspecified atom stereocenters. The molecule has 7 atom stereocenters. The summed E-state index contributed by atoms with van der Waals surface area (Å²) in [5.74, 6) is -3.36. The average molecular weight is 519 g/mol. The van der Waals surface area contributed by atoms with E-state index in [2.05, 4.69) is 4.98 Å². The van der Waals surface area contributed by atoms with Crippen molar-refractivity contribution >= 4 is 40.9 Å². The minimum Gasteiger partial charge on any atom is -0.502 e. The number of aromatic amines is 1. The van der Waals surface area contributed by atoms with Gasteiger partial charge in [-0.25, -0.2) is 0 Å². The number of hydrogen-bond donors (Lipinski definition) is 3. The summed E-state index contributed by atoms with van der Waals surface area (Å²) in [5, 5.41) is 20.4. The van der Waals surface area contributed by atoms with Crippen LogP contribution in [0.3, 0.4) is 0 Å². The number of hydrogen-bond acceptors (Lipinski definition) is 9. The molecule has 3 fully saturated rings. The monoisotopic (exact) mass is 518 g/mol. The van der Waals surface area contributed by atoms with Gasteiger partial charge in [0, 0.05) is 16.0 Å². The lowest BCUT2D eigenvalue weighted by Gasteiger charge is -2.43. The standard InChI is InChI=1S/C23H22N2O8S2/c1-32-10-3-7(4-11(33-2)17(10)28)13-14-8-5-9(18(14)34-20-19(13)35-23(31)24-20)16-15(8)21(29)25(22(16)30)6-12(26)27/h3-4,8-9,13-16,18,28H,5-6H2,1-2H3,(H,24,31)(H,26,27)/t8-,9+,13+,14+,15+,16+,18-/m0/s1. The van der Waals surface area contributed by atoms with Gasteiger partial charge in [-0.2, -0.15) is 0 Å². The Hall–Kier alpha value is -2.99. The zero-order valence-electron chi connectivity index (χ0n) is 18.7. The largest absolute Gasteiger partial charge is 0.502 e. The fourth-order valence-electron chi connectivity index (χ4n) is 6.84. The first kappa shape index (κ1) is 22.5. The molecule has 3 N–H and O–H groups in total. The minimum absolute atomic E-state index is 0.0312. The lowest BCUT2D eigenvalue weighted by atomic mass is 9.68. The van der Waals surface area contributed by atoms with Crippen LogP contribution in [0.1, 0.15) is 22.8 Å². The van der Waals surface area contributed by atoms with Crippen molar-refractivity contribution in [2.24, 2.45) is 29.6 Å². The molecule has 0 spiro atoms. The molecule has 4 aliphatic rings. The number of methoxy groups -OCH3 is 2. The lowest BCUT2D eigenvalue weighted by molar-refractivity contribution is -0.149. The third kappa shape index (κ3) is 3.02. The number of nitrogens with one attached hydrogen (secondary N) is 1. The molecule has 35 heavy (non-hydrogen) atoms. The quantitative estimate of drug-likeness (QED) is 0.504. The zero-order chi connectivity index (χ0) is 24.8. The van der Waals surface area contributed by atoms with E-state index in [0.717, 1.165) is 31.7 Å². The second-order valence-electron chi connectivity index (χ2n) is 9.39. The fraction of sp³-hybridized carbons (Fsp3) is 0.478. The van der Waals surface area contributed by atoms with Gasteiger partial charge in [-0.05, 0) is 41.9 Å². The van der Waals surface area contributed by atoms with Gasteiger partial charge in [-0.15, -0.1) is 11.8 Å². The lowest BCUT2D eigenvalue weighted by Crippen LogP contribution is -2.42. The van der Waals surface area contributed by atoms with E-state index in [1.54, 1.807) is 23.9 Å².